The van der Waals surface area contributed by atoms with E-state index < -0.39 is 24.7 Å². The summed E-state index contributed by atoms with van der Waals surface area (Å²) in [5.74, 6) is -0.759. The summed E-state index contributed by atoms with van der Waals surface area (Å²) in [5.41, 5.74) is 0.0711. The van der Waals surface area contributed by atoms with Gasteiger partial charge in [-0.3, -0.25) is 4.79 Å². The van der Waals surface area contributed by atoms with Crippen LogP contribution in [0.25, 0.3) is 0 Å². The first-order chi connectivity index (χ1) is 10.3. The van der Waals surface area contributed by atoms with Crippen molar-refractivity contribution in [3.63, 3.8) is 0 Å². The van der Waals surface area contributed by atoms with E-state index in [-0.39, 0.29) is 10.7 Å². The average Bonchev–Trinajstić information content (AvgIpc) is 2.96. The molecule has 1 unspecified atom stereocenters. The lowest BCUT2D eigenvalue weighted by atomic mass is 10.2. The zero-order valence-electron chi connectivity index (χ0n) is 11.5. The predicted molar refractivity (Wildman–Crippen MR) is 74.6 cm³/mol. The van der Waals surface area contributed by atoms with Gasteiger partial charge < -0.3 is 4.90 Å². The molecule has 0 aliphatic heterocycles. The third kappa shape index (κ3) is 3.97. The van der Waals surface area contributed by atoms with Crippen molar-refractivity contribution in [2.24, 2.45) is 0 Å². The number of hydrogen-bond acceptors (Lipinski definition) is 3. The van der Waals surface area contributed by atoms with Crippen molar-refractivity contribution in [3.8, 4) is 0 Å². The van der Waals surface area contributed by atoms with E-state index in [0.717, 1.165) is 0 Å². The Morgan fingerprint density at radius 1 is 1.45 bits per heavy atom. The lowest BCUT2D eigenvalue weighted by molar-refractivity contribution is -0.134. The van der Waals surface area contributed by atoms with E-state index in [9.17, 15) is 18.0 Å². The molecule has 0 bridgehead atoms. The van der Waals surface area contributed by atoms with Gasteiger partial charge in [-0.2, -0.15) is 18.3 Å². The van der Waals surface area contributed by atoms with Crippen molar-refractivity contribution in [3.05, 3.63) is 41.9 Å². The van der Waals surface area contributed by atoms with Crippen LogP contribution >= 0.6 is 11.6 Å². The van der Waals surface area contributed by atoms with Gasteiger partial charge in [-0.1, -0.05) is 17.7 Å². The normalized spacial score (nSPS) is 13.0. The first-order valence-corrected chi connectivity index (χ1v) is 6.63. The Balaban J connectivity index is 2.33. The maximum absolute atomic E-state index is 12.8. The quantitative estimate of drug-likeness (QED) is 0.864. The molecule has 0 N–H and O–H groups in total. The fourth-order valence-electron chi connectivity index (χ4n) is 1.88. The van der Waals surface area contributed by atoms with Crippen molar-refractivity contribution in [2.75, 3.05) is 11.4 Å². The Bertz CT molecular complexity index is 645. The van der Waals surface area contributed by atoms with Crippen molar-refractivity contribution in [1.82, 2.24) is 14.8 Å². The van der Waals surface area contributed by atoms with Gasteiger partial charge in [0.05, 0.1) is 0 Å². The number of anilines is 1. The Labute approximate surface area is 129 Å². The van der Waals surface area contributed by atoms with Gasteiger partial charge in [0, 0.05) is 10.7 Å². The van der Waals surface area contributed by atoms with Crippen molar-refractivity contribution < 1.29 is 18.0 Å². The van der Waals surface area contributed by atoms with Crippen LogP contribution in [0.4, 0.5) is 18.9 Å². The molecule has 0 radical (unpaired) electrons. The molecule has 9 heteroatoms. The van der Waals surface area contributed by atoms with E-state index in [1.807, 2.05) is 0 Å². The molecule has 2 rings (SSSR count). The predicted octanol–water partition coefficient (Wildman–Crippen LogP) is 3.09. The highest BCUT2D eigenvalue weighted by molar-refractivity contribution is 6.30. The highest BCUT2D eigenvalue weighted by atomic mass is 35.5. The summed E-state index contributed by atoms with van der Waals surface area (Å²) in [5, 5.41) is 4.02. The highest BCUT2D eigenvalue weighted by Crippen LogP contribution is 2.26. The number of rotatable bonds is 4. The Morgan fingerprint density at radius 3 is 2.73 bits per heavy atom. The minimum Gasteiger partial charge on any atom is -0.301 e. The molecule has 1 aromatic carbocycles. The number of hydrogen-bond donors (Lipinski definition) is 0. The second kappa shape index (κ2) is 6.35. The molecule has 1 atom stereocenters. The smallest absolute Gasteiger partial charge is 0.301 e. The molecule has 0 aliphatic carbocycles. The summed E-state index contributed by atoms with van der Waals surface area (Å²) in [4.78, 5) is 16.7. The minimum absolute atomic E-state index is 0.0711. The summed E-state index contributed by atoms with van der Waals surface area (Å²) in [6, 6.07) is 4.77. The molecule has 0 saturated carbocycles. The van der Waals surface area contributed by atoms with Crippen LogP contribution < -0.4 is 4.90 Å². The topological polar surface area (TPSA) is 51.0 Å². The number of benzene rings is 1. The van der Waals surface area contributed by atoms with Gasteiger partial charge in [0.15, 0.2) is 0 Å². The number of halogens is 4. The second-order valence-electron chi connectivity index (χ2n) is 4.57. The van der Waals surface area contributed by atoms with Gasteiger partial charge in [0.25, 0.3) is 5.91 Å². The summed E-state index contributed by atoms with van der Waals surface area (Å²) in [7, 11) is 0. The van der Waals surface area contributed by atoms with Crippen LogP contribution in [0.15, 0.2) is 36.9 Å². The number of carbonyl (C=O) groups excluding carboxylic acids is 1. The van der Waals surface area contributed by atoms with Crippen LogP contribution in [0, 0.1) is 0 Å². The Hall–Kier alpha value is -2.09. The molecule has 118 valence electrons. The van der Waals surface area contributed by atoms with E-state index >= 15 is 0 Å². The highest BCUT2D eigenvalue weighted by Gasteiger charge is 2.36. The molecule has 0 fully saturated rings. The molecular formula is C13H12ClF3N4O. The van der Waals surface area contributed by atoms with Crippen molar-refractivity contribution in [2.45, 2.75) is 19.1 Å². The number of amides is 1. The maximum Gasteiger partial charge on any atom is 0.406 e. The third-order valence-electron chi connectivity index (χ3n) is 2.91. The van der Waals surface area contributed by atoms with E-state index in [1.54, 1.807) is 0 Å². The zero-order chi connectivity index (χ0) is 16.3. The van der Waals surface area contributed by atoms with Crippen LogP contribution in [-0.4, -0.2) is 33.4 Å². The van der Waals surface area contributed by atoms with Gasteiger partial charge in [-0.25, -0.2) is 9.67 Å². The standard InChI is InChI=1S/C13H12ClF3N4O/c1-9(21-8-18-7-19-21)12(22)20(6-13(15,16)17)11-4-2-3-10(14)5-11/h2-5,7-9H,6H2,1H3. The molecule has 1 heterocycles. The van der Waals surface area contributed by atoms with Crippen LogP contribution in [0.1, 0.15) is 13.0 Å². The van der Waals surface area contributed by atoms with E-state index in [2.05, 4.69) is 10.1 Å². The molecule has 5 nitrogen and oxygen atoms in total. The lowest BCUT2D eigenvalue weighted by Gasteiger charge is -2.27. The minimum atomic E-state index is -4.54. The summed E-state index contributed by atoms with van der Waals surface area (Å²) in [6.45, 7) is 0.0378. The van der Waals surface area contributed by atoms with Gasteiger partial charge in [0.2, 0.25) is 0 Å². The van der Waals surface area contributed by atoms with E-state index in [0.29, 0.717) is 4.90 Å². The summed E-state index contributed by atoms with van der Waals surface area (Å²) >= 11 is 5.80. The lowest BCUT2D eigenvalue weighted by Crippen LogP contribution is -2.42. The average molecular weight is 333 g/mol. The number of carbonyl (C=O) groups is 1. The van der Waals surface area contributed by atoms with Crippen molar-refractivity contribution in [1.29, 1.82) is 0 Å². The van der Waals surface area contributed by atoms with Crippen LogP contribution in [-0.2, 0) is 4.79 Å². The fraction of sp³-hybridized carbons (Fsp3) is 0.308. The summed E-state index contributed by atoms with van der Waals surface area (Å²) < 4.78 is 39.6. The molecule has 1 amide bonds. The molecule has 0 saturated heterocycles. The first kappa shape index (κ1) is 16.3. The molecule has 22 heavy (non-hydrogen) atoms. The maximum atomic E-state index is 12.8. The first-order valence-electron chi connectivity index (χ1n) is 6.26. The molecule has 0 spiro atoms. The zero-order valence-corrected chi connectivity index (χ0v) is 12.2. The van der Waals surface area contributed by atoms with Gasteiger partial charge in [-0.05, 0) is 25.1 Å². The number of nitrogens with zero attached hydrogens (tertiary/aromatic N) is 4. The monoisotopic (exact) mass is 332 g/mol. The largest absolute Gasteiger partial charge is 0.406 e. The fourth-order valence-corrected chi connectivity index (χ4v) is 2.06. The third-order valence-corrected chi connectivity index (χ3v) is 3.15. The molecule has 1 aromatic heterocycles. The van der Waals surface area contributed by atoms with Gasteiger partial charge in [-0.15, -0.1) is 0 Å². The van der Waals surface area contributed by atoms with E-state index in [1.165, 1.54) is 48.5 Å². The van der Waals surface area contributed by atoms with E-state index in [4.69, 9.17) is 11.6 Å². The molecule has 0 aliphatic rings. The molecule has 2 aromatic rings. The van der Waals surface area contributed by atoms with Gasteiger partial charge >= 0.3 is 6.18 Å². The Morgan fingerprint density at radius 2 is 2.18 bits per heavy atom. The second-order valence-corrected chi connectivity index (χ2v) is 5.01. The van der Waals surface area contributed by atoms with Crippen LogP contribution in [0.5, 0.6) is 0 Å². The van der Waals surface area contributed by atoms with Crippen LogP contribution in [0.3, 0.4) is 0 Å². The number of aromatic nitrogens is 3. The van der Waals surface area contributed by atoms with Crippen molar-refractivity contribution >= 4 is 23.2 Å². The van der Waals surface area contributed by atoms with Crippen LogP contribution in [0.2, 0.25) is 5.02 Å². The molecular weight excluding hydrogens is 321 g/mol. The SMILES string of the molecule is CC(C(=O)N(CC(F)(F)F)c1cccc(Cl)c1)n1cncn1. The Kier molecular flexibility index (Phi) is 4.70. The number of alkyl halides is 3. The van der Waals surface area contributed by atoms with Gasteiger partial charge in [0.1, 0.15) is 25.2 Å². The summed E-state index contributed by atoms with van der Waals surface area (Å²) in [6.07, 6.45) is -2.07.